The summed E-state index contributed by atoms with van der Waals surface area (Å²) in [4.78, 5) is 30.4. The first-order valence-corrected chi connectivity index (χ1v) is 8.96. The lowest BCUT2D eigenvalue weighted by Gasteiger charge is -2.16. The van der Waals surface area contributed by atoms with Crippen LogP contribution in [0.15, 0.2) is 38.4 Å². The third-order valence-corrected chi connectivity index (χ3v) is 4.81. The molecule has 0 saturated carbocycles. The van der Waals surface area contributed by atoms with E-state index in [-0.39, 0.29) is 18.1 Å². The minimum atomic E-state index is -0.474. The Bertz CT molecular complexity index is 1110. The first-order chi connectivity index (χ1) is 13.0. The van der Waals surface area contributed by atoms with E-state index in [4.69, 9.17) is 4.52 Å². The molecule has 1 aliphatic heterocycles. The monoisotopic (exact) mass is 370 g/mol. The Balaban J connectivity index is 1.95. The van der Waals surface area contributed by atoms with Gasteiger partial charge in [-0.1, -0.05) is 23.7 Å². The summed E-state index contributed by atoms with van der Waals surface area (Å²) >= 11 is 0. The Hall–Kier alpha value is -3.03. The van der Waals surface area contributed by atoms with Crippen molar-refractivity contribution >= 4 is 0 Å². The van der Waals surface area contributed by atoms with Gasteiger partial charge in [-0.3, -0.25) is 13.9 Å². The second kappa shape index (κ2) is 6.94. The molecule has 1 aliphatic rings. The van der Waals surface area contributed by atoms with Gasteiger partial charge in [0.15, 0.2) is 0 Å². The molecule has 8 heteroatoms. The van der Waals surface area contributed by atoms with Crippen LogP contribution in [0.4, 0.5) is 4.39 Å². The second-order valence-corrected chi connectivity index (χ2v) is 6.72. The summed E-state index contributed by atoms with van der Waals surface area (Å²) in [6, 6.07) is 5.88. The average molecular weight is 370 g/mol. The third-order valence-electron chi connectivity index (χ3n) is 4.81. The molecule has 1 aromatic carbocycles. The fourth-order valence-electron chi connectivity index (χ4n) is 3.55. The van der Waals surface area contributed by atoms with Crippen LogP contribution >= 0.6 is 0 Å². The number of hydrogen-bond acceptors (Lipinski definition) is 5. The summed E-state index contributed by atoms with van der Waals surface area (Å²) < 4.78 is 21.4. The number of fused-ring (bicyclic) bond motifs is 1. The summed E-state index contributed by atoms with van der Waals surface area (Å²) in [5.41, 5.74) is 0.630. The van der Waals surface area contributed by atoms with Gasteiger partial charge in [-0.05, 0) is 37.0 Å². The zero-order chi connectivity index (χ0) is 19.0. The number of nitrogens with zero attached hydrogens (tertiary/aromatic N) is 4. The highest BCUT2D eigenvalue weighted by molar-refractivity contribution is 5.56. The Morgan fingerprint density at radius 2 is 2.07 bits per heavy atom. The molecule has 0 aliphatic carbocycles. The maximum atomic E-state index is 13.5. The van der Waals surface area contributed by atoms with Crippen LogP contribution in [-0.2, 0) is 19.5 Å². The largest absolute Gasteiger partial charge is 0.339 e. The molecule has 2 aromatic heterocycles. The van der Waals surface area contributed by atoms with Crippen LogP contribution in [0.3, 0.4) is 0 Å². The van der Waals surface area contributed by atoms with E-state index >= 15 is 0 Å². The number of rotatable bonds is 3. The quantitative estimate of drug-likeness (QED) is 0.706. The fraction of sp³-hybridized carbons (Fsp3) is 0.368. The number of benzene rings is 1. The molecule has 0 N–H and O–H groups in total. The number of aromatic nitrogens is 4. The Morgan fingerprint density at radius 3 is 2.81 bits per heavy atom. The van der Waals surface area contributed by atoms with Crippen molar-refractivity contribution in [2.75, 3.05) is 0 Å². The van der Waals surface area contributed by atoms with Crippen LogP contribution in [-0.4, -0.2) is 19.3 Å². The van der Waals surface area contributed by atoms with Crippen molar-refractivity contribution in [2.45, 2.75) is 45.7 Å². The Kier molecular flexibility index (Phi) is 4.47. The molecule has 0 atom stereocenters. The topological polar surface area (TPSA) is 82.9 Å². The van der Waals surface area contributed by atoms with Gasteiger partial charge in [-0.2, -0.15) is 4.98 Å². The van der Waals surface area contributed by atoms with E-state index in [1.807, 2.05) is 0 Å². The molecular weight excluding hydrogens is 351 g/mol. The van der Waals surface area contributed by atoms with Crippen LogP contribution in [0, 0.1) is 12.7 Å². The number of halogens is 1. The standard InChI is InChI=1S/C19H19FN4O3/c1-12-21-17(22-27-12)16-15-8-3-2-4-9-23(15)19(26)24(18(16)25)11-13-6-5-7-14(20)10-13/h5-7,10H,2-4,8-9,11H2,1H3. The summed E-state index contributed by atoms with van der Waals surface area (Å²) in [6.45, 7) is 2.16. The van der Waals surface area contributed by atoms with Gasteiger partial charge in [0.1, 0.15) is 11.4 Å². The zero-order valence-electron chi connectivity index (χ0n) is 14.9. The van der Waals surface area contributed by atoms with Crippen LogP contribution in [0.1, 0.15) is 36.4 Å². The van der Waals surface area contributed by atoms with Crippen molar-refractivity contribution in [2.24, 2.45) is 0 Å². The van der Waals surface area contributed by atoms with Gasteiger partial charge in [-0.15, -0.1) is 0 Å². The van der Waals surface area contributed by atoms with Crippen LogP contribution in [0.2, 0.25) is 0 Å². The summed E-state index contributed by atoms with van der Waals surface area (Å²) in [6.07, 6.45) is 3.32. The van der Waals surface area contributed by atoms with Crippen LogP contribution in [0.5, 0.6) is 0 Å². The van der Waals surface area contributed by atoms with E-state index in [0.717, 1.165) is 23.8 Å². The van der Waals surface area contributed by atoms with Gasteiger partial charge in [0, 0.05) is 19.2 Å². The first-order valence-electron chi connectivity index (χ1n) is 8.96. The highest BCUT2D eigenvalue weighted by Gasteiger charge is 2.24. The molecule has 0 amide bonds. The summed E-state index contributed by atoms with van der Waals surface area (Å²) in [5, 5.41) is 3.90. The molecule has 4 rings (SSSR count). The molecule has 0 spiro atoms. The van der Waals surface area contributed by atoms with Gasteiger partial charge >= 0.3 is 5.69 Å². The number of hydrogen-bond donors (Lipinski definition) is 0. The van der Waals surface area contributed by atoms with Crippen LogP contribution < -0.4 is 11.2 Å². The fourth-order valence-corrected chi connectivity index (χ4v) is 3.55. The number of aryl methyl sites for hydroxylation is 1. The highest BCUT2D eigenvalue weighted by atomic mass is 19.1. The van der Waals surface area contributed by atoms with Gasteiger partial charge in [0.2, 0.25) is 11.7 Å². The minimum absolute atomic E-state index is 0.0143. The van der Waals surface area contributed by atoms with Gasteiger partial charge in [-0.25, -0.2) is 9.18 Å². The summed E-state index contributed by atoms with van der Waals surface area (Å²) in [7, 11) is 0. The van der Waals surface area contributed by atoms with Gasteiger partial charge < -0.3 is 4.52 Å². The van der Waals surface area contributed by atoms with Crippen molar-refractivity contribution in [3.8, 4) is 11.4 Å². The van der Waals surface area contributed by atoms with E-state index in [2.05, 4.69) is 10.1 Å². The molecular formula is C19H19FN4O3. The minimum Gasteiger partial charge on any atom is -0.339 e. The molecule has 3 heterocycles. The average Bonchev–Trinajstić information content (AvgIpc) is 2.91. The lowest BCUT2D eigenvalue weighted by molar-refractivity contribution is 0.394. The van der Waals surface area contributed by atoms with Crippen molar-refractivity contribution in [3.05, 3.63) is 68.1 Å². The first kappa shape index (κ1) is 17.4. The lowest BCUT2D eigenvalue weighted by Crippen LogP contribution is -2.42. The van der Waals surface area contributed by atoms with E-state index < -0.39 is 11.4 Å². The Morgan fingerprint density at radius 1 is 1.22 bits per heavy atom. The van der Waals surface area contributed by atoms with Crippen molar-refractivity contribution < 1.29 is 8.91 Å². The van der Waals surface area contributed by atoms with Crippen molar-refractivity contribution in [1.82, 2.24) is 19.3 Å². The molecule has 0 unspecified atom stereocenters. The van der Waals surface area contributed by atoms with E-state index in [1.165, 1.54) is 12.1 Å². The zero-order valence-corrected chi connectivity index (χ0v) is 14.9. The Labute approximate surface area is 154 Å². The van der Waals surface area contributed by atoms with E-state index in [0.29, 0.717) is 35.7 Å². The molecule has 0 saturated heterocycles. The molecule has 0 fully saturated rings. The third kappa shape index (κ3) is 3.22. The molecule has 140 valence electrons. The molecule has 3 aromatic rings. The highest BCUT2D eigenvalue weighted by Crippen LogP contribution is 2.21. The van der Waals surface area contributed by atoms with Crippen molar-refractivity contribution in [3.63, 3.8) is 0 Å². The second-order valence-electron chi connectivity index (χ2n) is 6.72. The smallest absolute Gasteiger partial charge is 0.331 e. The maximum Gasteiger partial charge on any atom is 0.331 e. The maximum absolute atomic E-state index is 13.5. The van der Waals surface area contributed by atoms with Gasteiger partial charge in [0.05, 0.1) is 6.54 Å². The molecule has 0 radical (unpaired) electrons. The normalized spacial score (nSPS) is 14.0. The predicted octanol–water partition coefficient (Wildman–Crippen LogP) is 2.28. The lowest BCUT2D eigenvalue weighted by atomic mass is 10.1. The predicted molar refractivity (Wildman–Crippen MR) is 96.0 cm³/mol. The summed E-state index contributed by atoms with van der Waals surface area (Å²) in [5.74, 6) is 0.125. The van der Waals surface area contributed by atoms with E-state index in [9.17, 15) is 14.0 Å². The molecule has 27 heavy (non-hydrogen) atoms. The van der Waals surface area contributed by atoms with E-state index in [1.54, 1.807) is 23.6 Å². The van der Waals surface area contributed by atoms with Gasteiger partial charge in [0.25, 0.3) is 5.56 Å². The molecule has 0 bridgehead atoms. The molecule has 7 nitrogen and oxygen atoms in total. The van der Waals surface area contributed by atoms with Crippen LogP contribution in [0.25, 0.3) is 11.4 Å². The SMILES string of the molecule is Cc1nc(-c2c3n(c(=O)n(Cc4cccc(F)c4)c2=O)CCCCC3)no1. The van der Waals surface area contributed by atoms with Crippen molar-refractivity contribution in [1.29, 1.82) is 0 Å².